The lowest BCUT2D eigenvalue weighted by molar-refractivity contribution is -0.141. The van der Waals surface area contributed by atoms with Crippen molar-refractivity contribution < 1.29 is 22.7 Å². The number of hydrogen-bond acceptors (Lipinski definition) is 6. The van der Waals surface area contributed by atoms with Crippen LogP contribution in [0.2, 0.25) is 0 Å². The lowest BCUT2D eigenvalue weighted by Gasteiger charge is -2.34. The highest BCUT2D eigenvalue weighted by Crippen LogP contribution is 2.28. The molecule has 0 spiro atoms. The van der Waals surface area contributed by atoms with Crippen molar-refractivity contribution in [1.82, 2.24) is 10.2 Å². The summed E-state index contributed by atoms with van der Waals surface area (Å²) in [4.78, 5) is 30.2. The summed E-state index contributed by atoms with van der Waals surface area (Å²) >= 11 is 1.51. The molecule has 2 amide bonds. The monoisotopic (exact) mass is 625 g/mol. The van der Waals surface area contributed by atoms with Crippen molar-refractivity contribution in [3.05, 3.63) is 83.9 Å². The SMILES string of the molecule is CCOc1ccc(N(CC(=O)N(Cc2ccc(C)cc2)[C@H](CC)C(=O)NC(C)(C)C)S(=O)(=O)c2ccc(SC)cc2)cc1. The molecule has 0 heterocycles. The van der Waals surface area contributed by atoms with Crippen molar-refractivity contribution in [2.24, 2.45) is 0 Å². The fraction of sp³-hybridized carbons (Fsp3) is 0.394. The second-order valence-corrected chi connectivity index (χ2v) is 14.0. The van der Waals surface area contributed by atoms with E-state index in [1.807, 2.05) is 72.1 Å². The number of amides is 2. The van der Waals surface area contributed by atoms with E-state index in [0.717, 1.165) is 20.3 Å². The molecule has 0 aliphatic heterocycles. The second-order valence-electron chi connectivity index (χ2n) is 11.3. The number of carbonyl (C=O) groups is 2. The van der Waals surface area contributed by atoms with Gasteiger partial charge in [-0.15, -0.1) is 11.8 Å². The molecule has 1 N–H and O–H groups in total. The van der Waals surface area contributed by atoms with Crippen LogP contribution in [-0.2, 0) is 26.2 Å². The van der Waals surface area contributed by atoms with E-state index in [4.69, 9.17) is 4.74 Å². The Morgan fingerprint density at radius 2 is 1.53 bits per heavy atom. The standard InChI is InChI=1S/C33H43N3O5S2/c1-8-30(32(38)34-33(4,5)6)35(22-25-12-10-24(3)11-13-25)31(37)23-36(26-14-16-27(17-15-26)41-9-2)43(39,40)29-20-18-28(42-7)19-21-29/h10-21,30H,8-9,22-23H2,1-7H3,(H,34,38)/t30-/m1/s1. The van der Waals surface area contributed by atoms with Gasteiger partial charge >= 0.3 is 0 Å². The van der Waals surface area contributed by atoms with Gasteiger partial charge in [-0.05, 0) is 101 Å². The molecule has 0 aromatic heterocycles. The zero-order chi connectivity index (χ0) is 31.8. The van der Waals surface area contributed by atoms with E-state index in [1.54, 1.807) is 48.5 Å². The van der Waals surface area contributed by atoms with Gasteiger partial charge in [0.05, 0.1) is 17.2 Å². The lowest BCUT2D eigenvalue weighted by Crippen LogP contribution is -2.55. The van der Waals surface area contributed by atoms with Crippen molar-refractivity contribution in [3.8, 4) is 5.75 Å². The Morgan fingerprint density at radius 3 is 2.05 bits per heavy atom. The van der Waals surface area contributed by atoms with Crippen molar-refractivity contribution in [2.45, 2.75) is 75.9 Å². The predicted molar refractivity (Wildman–Crippen MR) is 174 cm³/mol. The van der Waals surface area contributed by atoms with Crippen LogP contribution >= 0.6 is 11.8 Å². The highest BCUT2D eigenvalue weighted by molar-refractivity contribution is 7.98. The Labute approximate surface area is 260 Å². The van der Waals surface area contributed by atoms with Crippen LogP contribution in [0.25, 0.3) is 0 Å². The molecule has 0 unspecified atom stereocenters. The minimum atomic E-state index is -4.16. The molecule has 3 rings (SSSR count). The smallest absolute Gasteiger partial charge is 0.264 e. The molecule has 0 aliphatic carbocycles. The number of carbonyl (C=O) groups excluding carboxylic acids is 2. The minimum absolute atomic E-state index is 0.0644. The maximum atomic E-state index is 14.2. The molecule has 0 aliphatic rings. The maximum Gasteiger partial charge on any atom is 0.264 e. The number of anilines is 1. The molecule has 8 nitrogen and oxygen atoms in total. The first-order valence-corrected chi connectivity index (χ1v) is 17.0. The molecule has 0 fully saturated rings. The van der Waals surface area contributed by atoms with Gasteiger partial charge in [0.15, 0.2) is 0 Å². The third-order valence-electron chi connectivity index (χ3n) is 6.72. The largest absolute Gasteiger partial charge is 0.494 e. The molecule has 0 radical (unpaired) electrons. The van der Waals surface area contributed by atoms with Gasteiger partial charge in [0.2, 0.25) is 11.8 Å². The van der Waals surface area contributed by atoms with Crippen LogP contribution in [0.4, 0.5) is 5.69 Å². The van der Waals surface area contributed by atoms with E-state index in [0.29, 0.717) is 24.5 Å². The summed E-state index contributed by atoms with van der Waals surface area (Å²) in [5, 5.41) is 2.99. The van der Waals surface area contributed by atoms with E-state index >= 15 is 0 Å². The number of benzene rings is 3. The summed E-state index contributed by atoms with van der Waals surface area (Å²) in [6, 6.07) is 20.1. The molecule has 0 saturated heterocycles. The summed E-state index contributed by atoms with van der Waals surface area (Å²) in [6.07, 6.45) is 2.27. The van der Waals surface area contributed by atoms with Crippen molar-refractivity contribution >= 4 is 39.3 Å². The Balaban J connectivity index is 2.07. The van der Waals surface area contributed by atoms with Gasteiger partial charge in [0.25, 0.3) is 10.0 Å². The first-order valence-electron chi connectivity index (χ1n) is 14.4. The maximum absolute atomic E-state index is 14.2. The van der Waals surface area contributed by atoms with E-state index < -0.39 is 34.1 Å². The second kappa shape index (κ2) is 14.8. The third-order valence-corrected chi connectivity index (χ3v) is 9.25. The number of aryl methyl sites for hydroxylation is 1. The summed E-state index contributed by atoms with van der Waals surface area (Å²) in [7, 11) is -4.16. The van der Waals surface area contributed by atoms with Gasteiger partial charge < -0.3 is 15.0 Å². The summed E-state index contributed by atoms with van der Waals surface area (Å²) in [6.45, 7) is 11.4. The first-order chi connectivity index (χ1) is 20.3. The zero-order valence-corrected chi connectivity index (χ0v) is 27.7. The number of rotatable bonds is 13. The molecule has 43 heavy (non-hydrogen) atoms. The van der Waals surface area contributed by atoms with E-state index in [1.165, 1.54) is 16.7 Å². The van der Waals surface area contributed by atoms with Crippen molar-refractivity contribution in [2.75, 3.05) is 23.7 Å². The Bertz CT molecular complexity index is 1470. The molecule has 10 heteroatoms. The molecule has 3 aromatic carbocycles. The third kappa shape index (κ3) is 9.24. The van der Waals surface area contributed by atoms with Crippen molar-refractivity contribution in [1.29, 1.82) is 0 Å². The summed E-state index contributed by atoms with van der Waals surface area (Å²) in [5.41, 5.74) is 1.71. The minimum Gasteiger partial charge on any atom is -0.494 e. The summed E-state index contributed by atoms with van der Waals surface area (Å²) in [5.74, 6) is -0.196. The quantitative estimate of drug-likeness (QED) is 0.233. The van der Waals surface area contributed by atoms with Crippen LogP contribution in [0, 0.1) is 6.92 Å². The average Bonchev–Trinajstić information content (AvgIpc) is 2.96. The number of nitrogens with zero attached hydrogens (tertiary/aromatic N) is 2. The van der Waals surface area contributed by atoms with Gasteiger partial charge in [-0.25, -0.2) is 8.42 Å². The van der Waals surface area contributed by atoms with Gasteiger partial charge in [-0.2, -0.15) is 0 Å². The fourth-order valence-corrected chi connectivity index (χ4v) is 6.36. The molecular formula is C33H43N3O5S2. The molecule has 3 aromatic rings. The van der Waals surface area contributed by atoms with Gasteiger partial charge in [-0.3, -0.25) is 13.9 Å². The summed E-state index contributed by atoms with van der Waals surface area (Å²) < 4.78 is 34.9. The molecule has 1 atom stereocenters. The Kier molecular flexibility index (Phi) is 11.7. The van der Waals surface area contributed by atoms with Crippen LogP contribution in [-0.4, -0.2) is 56.1 Å². The molecule has 0 bridgehead atoms. The number of ether oxygens (including phenoxy) is 1. The molecular weight excluding hydrogens is 583 g/mol. The van der Waals surface area contributed by atoms with Crippen LogP contribution in [0.15, 0.2) is 82.6 Å². The molecule has 232 valence electrons. The number of sulfonamides is 1. The lowest BCUT2D eigenvalue weighted by atomic mass is 10.1. The predicted octanol–water partition coefficient (Wildman–Crippen LogP) is 6.03. The average molecular weight is 626 g/mol. The van der Waals surface area contributed by atoms with Crippen LogP contribution in [0.5, 0.6) is 5.75 Å². The number of thioether (sulfide) groups is 1. The van der Waals surface area contributed by atoms with Gasteiger partial charge in [-0.1, -0.05) is 36.8 Å². The Hall–Kier alpha value is -3.50. The van der Waals surface area contributed by atoms with Crippen molar-refractivity contribution in [3.63, 3.8) is 0 Å². The Morgan fingerprint density at radius 1 is 0.930 bits per heavy atom. The molecule has 0 saturated carbocycles. The highest BCUT2D eigenvalue weighted by atomic mass is 32.2. The van der Waals surface area contributed by atoms with Crippen LogP contribution in [0.3, 0.4) is 0 Å². The normalized spacial score (nSPS) is 12.3. The first kappa shape index (κ1) is 34.0. The van der Waals surface area contributed by atoms with E-state index in [9.17, 15) is 18.0 Å². The highest BCUT2D eigenvalue weighted by Gasteiger charge is 2.34. The number of nitrogens with one attached hydrogen (secondary N) is 1. The zero-order valence-electron chi connectivity index (χ0n) is 26.1. The van der Waals surface area contributed by atoms with Gasteiger partial charge in [0.1, 0.15) is 18.3 Å². The topological polar surface area (TPSA) is 96.0 Å². The van der Waals surface area contributed by atoms with Crippen LogP contribution < -0.4 is 14.4 Å². The van der Waals surface area contributed by atoms with E-state index in [2.05, 4.69) is 5.32 Å². The number of hydrogen-bond donors (Lipinski definition) is 1. The van der Waals surface area contributed by atoms with E-state index in [-0.39, 0.29) is 17.3 Å². The van der Waals surface area contributed by atoms with Crippen LogP contribution in [0.1, 0.15) is 52.2 Å². The fourth-order valence-electron chi connectivity index (χ4n) is 4.54. The van der Waals surface area contributed by atoms with Gasteiger partial charge in [0, 0.05) is 17.0 Å².